The zero-order valence-electron chi connectivity index (χ0n) is 8.80. The Morgan fingerprint density at radius 2 is 1.94 bits per heavy atom. The van der Waals surface area contributed by atoms with E-state index in [0.29, 0.717) is 11.4 Å². The molecule has 1 rings (SSSR count). The largest absolute Gasteiger partial charge is 0.478 e. The van der Waals surface area contributed by atoms with Gasteiger partial charge >= 0.3 is 5.97 Å². The summed E-state index contributed by atoms with van der Waals surface area (Å²) in [6.07, 6.45) is 0. The number of hydrogen-bond acceptors (Lipinski definition) is 3. The second kappa shape index (κ2) is 5.55. The molecule has 0 aliphatic heterocycles. The predicted octanol–water partition coefficient (Wildman–Crippen LogP) is 1.89. The van der Waals surface area contributed by atoms with Gasteiger partial charge in [0, 0.05) is 17.4 Å². The average Bonchev–Trinajstić information content (AvgIpc) is 2.28. The van der Waals surface area contributed by atoms with Crippen molar-refractivity contribution in [3.8, 4) is 0 Å². The Kier molecular flexibility index (Phi) is 4.37. The van der Waals surface area contributed by atoms with Crippen LogP contribution in [0.2, 0.25) is 0 Å². The number of carbonyl (C=O) groups is 2. The highest BCUT2D eigenvalue weighted by Gasteiger charge is 2.11. The van der Waals surface area contributed by atoms with Crippen LogP contribution in [0.4, 0.5) is 5.69 Å². The molecule has 0 radical (unpaired) electrons. The van der Waals surface area contributed by atoms with Crippen LogP contribution in [0.15, 0.2) is 24.3 Å². The smallest absolute Gasteiger partial charge is 0.335 e. The van der Waals surface area contributed by atoms with Gasteiger partial charge in [0.15, 0.2) is 0 Å². The van der Waals surface area contributed by atoms with Gasteiger partial charge in [0.05, 0.1) is 5.56 Å². The van der Waals surface area contributed by atoms with Crippen molar-refractivity contribution in [2.45, 2.75) is 6.92 Å². The zero-order chi connectivity index (χ0) is 12.1. The number of nitrogens with one attached hydrogen (secondary N) is 1. The van der Waals surface area contributed by atoms with Gasteiger partial charge < -0.3 is 10.4 Å². The lowest BCUT2D eigenvalue weighted by Crippen LogP contribution is -2.21. The highest BCUT2D eigenvalue weighted by Crippen LogP contribution is 2.11. The standard InChI is InChI=1S/C11H13NO3S/c1-7(6-16)10(13)12-9-4-2-8(3-5-9)11(14)15/h2-5,7,16H,6H2,1H3,(H,12,13)(H,14,15). The number of thiol groups is 1. The van der Waals surface area contributed by atoms with Crippen molar-refractivity contribution in [1.29, 1.82) is 0 Å². The van der Waals surface area contributed by atoms with Crippen LogP contribution in [0.25, 0.3) is 0 Å². The number of aromatic carboxylic acids is 1. The van der Waals surface area contributed by atoms with Gasteiger partial charge in [-0.2, -0.15) is 12.6 Å². The molecular formula is C11H13NO3S. The number of amides is 1. The molecule has 86 valence electrons. The van der Waals surface area contributed by atoms with E-state index in [4.69, 9.17) is 5.11 Å². The predicted molar refractivity (Wildman–Crippen MR) is 65.0 cm³/mol. The molecule has 0 bridgehead atoms. The lowest BCUT2D eigenvalue weighted by Gasteiger charge is -2.09. The van der Waals surface area contributed by atoms with E-state index in [9.17, 15) is 9.59 Å². The van der Waals surface area contributed by atoms with E-state index in [-0.39, 0.29) is 17.4 Å². The summed E-state index contributed by atoms with van der Waals surface area (Å²) < 4.78 is 0. The minimum absolute atomic E-state index is 0.127. The Morgan fingerprint density at radius 3 is 2.38 bits per heavy atom. The Hall–Kier alpha value is -1.49. The maximum atomic E-state index is 11.5. The summed E-state index contributed by atoms with van der Waals surface area (Å²) in [5, 5.41) is 11.4. The maximum absolute atomic E-state index is 11.5. The van der Waals surface area contributed by atoms with Crippen LogP contribution in [0.1, 0.15) is 17.3 Å². The summed E-state index contributed by atoms with van der Waals surface area (Å²) in [6, 6.07) is 6.02. The molecule has 0 heterocycles. The van der Waals surface area contributed by atoms with Crippen molar-refractivity contribution in [3.63, 3.8) is 0 Å². The highest BCUT2D eigenvalue weighted by molar-refractivity contribution is 7.80. The van der Waals surface area contributed by atoms with Crippen LogP contribution < -0.4 is 5.32 Å². The molecule has 1 atom stereocenters. The fraction of sp³-hybridized carbons (Fsp3) is 0.273. The van der Waals surface area contributed by atoms with Gasteiger partial charge in [-0.3, -0.25) is 4.79 Å². The summed E-state index contributed by atoms with van der Waals surface area (Å²) >= 11 is 4.03. The fourth-order valence-corrected chi connectivity index (χ4v) is 1.21. The Bertz CT molecular complexity index is 389. The third-order valence-electron chi connectivity index (χ3n) is 2.12. The SMILES string of the molecule is CC(CS)C(=O)Nc1ccc(C(=O)O)cc1. The molecule has 0 saturated carbocycles. The van der Waals surface area contributed by atoms with Crippen molar-refractivity contribution < 1.29 is 14.7 Å². The third-order valence-corrected chi connectivity index (χ3v) is 2.67. The minimum Gasteiger partial charge on any atom is -0.478 e. The molecule has 0 aliphatic carbocycles. The van der Waals surface area contributed by atoms with Crippen molar-refractivity contribution in [1.82, 2.24) is 0 Å². The summed E-state index contributed by atoms with van der Waals surface area (Å²) in [5.74, 6) is -0.818. The number of hydrogen-bond donors (Lipinski definition) is 3. The zero-order valence-corrected chi connectivity index (χ0v) is 9.70. The van der Waals surface area contributed by atoms with E-state index >= 15 is 0 Å². The summed E-state index contributed by atoms with van der Waals surface area (Å²) in [7, 11) is 0. The van der Waals surface area contributed by atoms with Gasteiger partial charge in [0.25, 0.3) is 0 Å². The van der Waals surface area contributed by atoms with Gasteiger partial charge in [-0.05, 0) is 24.3 Å². The molecule has 2 N–H and O–H groups in total. The topological polar surface area (TPSA) is 66.4 Å². The van der Waals surface area contributed by atoms with E-state index in [2.05, 4.69) is 17.9 Å². The number of carboxylic acids is 1. The van der Waals surface area contributed by atoms with Crippen LogP contribution in [0.5, 0.6) is 0 Å². The summed E-state index contributed by atoms with van der Waals surface area (Å²) in [5.41, 5.74) is 0.781. The first-order valence-electron chi connectivity index (χ1n) is 4.79. The normalized spacial score (nSPS) is 11.9. The van der Waals surface area contributed by atoms with Gasteiger partial charge in [0.1, 0.15) is 0 Å². The second-order valence-electron chi connectivity index (χ2n) is 3.46. The molecular weight excluding hydrogens is 226 g/mol. The Morgan fingerprint density at radius 1 is 1.38 bits per heavy atom. The highest BCUT2D eigenvalue weighted by atomic mass is 32.1. The van der Waals surface area contributed by atoms with Crippen molar-refractivity contribution in [3.05, 3.63) is 29.8 Å². The van der Waals surface area contributed by atoms with Crippen LogP contribution in [-0.2, 0) is 4.79 Å². The molecule has 0 fully saturated rings. The number of anilines is 1. The monoisotopic (exact) mass is 239 g/mol. The number of benzene rings is 1. The van der Waals surface area contributed by atoms with E-state index < -0.39 is 5.97 Å². The third kappa shape index (κ3) is 3.27. The molecule has 16 heavy (non-hydrogen) atoms. The quantitative estimate of drug-likeness (QED) is 0.703. The first kappa shape index (κ1) is 12.6. The molecule has 0 aromatic heterocycles. The maximum Gasteiger partial charge on any atom is 0.335 e. The van der Waals surface area contributed by atoms with Gasteiger partial charge in [-0.25, -0.2) is 4.79 Å². The first-order valence-corrected chi connectivity index (χ1v) is 5.43. The van der Waals surface area contributed by atoms with E-state index in [1.165, 1.54) is 12.1 Å². The molecule has 0 saturated heterocycles. The second-order valence-corrected chi connectivity index (χ2v) is 3.82. The number of carboxylic acid groups (broad SMARTS) is 1. The van der Waals surface area contributed by atoms with Gasteiger partial charge in [-0.15, -0.1) is 0 Å². The molecule has 0 spiro atoms. The number of rotatable bonds is 4. The Labute approximate surface area is 99.1 Å². The van der Waals surface area contributed by atoms with E-state index in [1.54, 1.807) is 19.1 Å². The van der Waals surface area contributed by atoms with Gasteiger partial charge in [-0.1, -0.05) is 6.92 Å². The average molecular weight is 239 g/mol. The molecule has 1 amide bonds. The fourth-order valence-electron chi connectivity index (χ4n) is 1.04. The van der Waals surface area contributed by atoms with Crippen LogP contribution in [-0.4, -0.2) is 22.7 Å². The van der Waals surface area contributed by atoms with E-state index in [1.807, 2.05) is 0 Å². The summed E-state index contributed by atoms with van der Waals surface area (Å²) in [6.45, 7) is 1.77. The number of carbonyl (C=O) groups excluding carboxylic acids is 1. The summed E-state index contributed by atoms with van der Waals surface area (Å²) in [4.78, 5) is 22.1. The van der Waals surface area contributed by atoms with Crippen molar-refractivity contribution >= 4 is 30.2 Å². The lowest BCUT2D eigenvalue weighted by molar-refractivity contribution is -0.118. The molecule has 5 heteroatoms. The molecule has 1 unspecified atom stereocenters. The lowest BCUT2D eigenvalue weighted by atomic mass is 10.1. The minimum atomic E-state index is -0.985. The first-order chi connectivity index (χ1) is 7.54. The van der Waals surface area contributed by atoms with Crippen LogP contribution in [0.3, 0.4) is 0 Å². The van der Waals surface area contributed by atoms with Crippen LogP contribution in [0, 0.1) is 5.92 Å². The Balaban J connectivity index is 2.69. The molecule has 1 aromatic rings. The van der Waals surface area contributed by atoms with Crippen LogP contribution >= 0.6 is 12.6 Å². The molecule has 4 nitrogen and oxygen atoms in total. The molecule has 0 aliphatic rings. The van der Waals surface area contributed by atoms with Crippen molar-refractivity contribution in [2.24, 2.45) is 5.92 Å². The molecule has 1 aromatic carbocycles. The van der Waals surface area contributed by atoms with Crippen molar-refractivity contribution in [2.75, 3.05) is 11.1 Å². The van der Waals surface area contributed by atoms with E-state index in [0.717, 1.165) is 0 Å². The van der Waals surface area contributed by atoms with Gasteiger partial charge in [0.2, 0.25) is 5.91 Å².